The molecule has 0 unspecified atom stereocenters. The predicted octanol–water partition coefficient (Wildman–Crippen LogP) is 3.87. The summed E-state index contributed by atoms with van der Waals surface area (Å²) in [5.41, 5.74) is 1.29. The van der Waals surface area contributed by atoms with Crippen LogP contribution in [0, 0.1) is 5.82 Å². The minimum absolute atomic E-state index is 0.0958. The number of aromatic nitrogens is 5. The van der Waals surface area contributed by atoms with E-state index in [0.29, 0.717) is 49.1 Å². The van der Waals surface area contributed by atoms with Crippen molar-refractivity contribution in [2.24, 2.45) is 0 Å². The van der Waals surface area contributed by atoms with E-state index in [0.717, 1.165) is 6.08 Å². The lowest BCUT2D eigenvalue weighted by atomic mass is 10.0. The highest BCUT2D eigenvalue weighted by Crippen LogP contribution is 2.36. The van der Waals surface area contributed by atoms with Crippen molar-refractivity contribution in [3.8, 4) is 11.7 Å². The van der Waals surface area contributed by atoms with Gasteiger partial charge in [-0.2, -0.15) is 23.1 Å². The summed E-state index contributed by atoms with van der Waals surface area (Å²) in [5.74, 6) is -1.39. The summed E-state index contributed by atoms with van der Waals surface area (Å²) >= 11 is 0. The fourth-order valence-electron chi connectivity index (χ4n) is 5.00. The van der Waals surface area contributed by atoms with Gasteiger partial charge in [-0.25, -0.2) is 18.7 Å². The Labute approximate surface area is 255 Å². The topological polar surface area (TPSA) is 122 Å². The van der Waals surface area contributed by atoms with Gasteiger partial charge < -0.3 is 25.2 Å². The molecule has 1 aliphatic rings. The highest BCUT2D eigenvalue weighted by atomic mass is 19.4. The van der Waals surface area contributed by atoms with Crippen molar-refractivity contribution < 1.29 is 27.1 Å². The van der Waals surface area contributed by atoms with Crippen molar-refractivity contribution in [2.75, 3.05) is 56.4 Å². The summed E-state index contributed by atoms with van der Waals surface area (Å²) in [6.45, 7) is 3.26. The number of alkyl halides is 3. The van der Waals surface area contributed by atoms with Crippen molar-refractivity contribution in [2.45, 2.75) is 25.6 Å². The molecule has 4 heterocycles. The second kappa shape index (κ2) is 12.6. The fourth-order valence-corrected chi connectivity index (χ4v) is 5.00. The minimum atomic E-state index is -4.67. The molecule has 0 aliphatic carbocycles. The Hall–Kier alpha value is -4.99. The molecular weight excluding hydrogens is 598 g/mol. The van der Waals surface area contributed by atoms with Crippen LogP contribution in [0.1, 0.15) is 12.0 Å². The van der Waals surface area contributed by atoms with Crippen LogP contribution in [-0.4, -0.2) is 81.9 Å². The van der Waals surface area contributed by atoms with Crippen LogP contribution in [0.4, 0.5) is 40.7 Å². The number of amides is 1. The molecular formula is C29H31F4N9O3. The van der Waals surface area contributed by atoms with Crippen LogP contribution in [0.2, 0.25) is 0 Å². The van der Waals surface area contributed by atoms with E-state index in [1.807, 2.05) is 19.0 Å². The van der Waals surface area contributed by atoms with Crippen molar-refractivity contribution >= 4 is 40.1 Å². The predicted molar refractivity (Wildman–Crippen MR) is 161 cm³/mol. The van der Waals surface area contributed by atoms with Gasteiger partial charge in [-0.15, -0.1) is 0 Å². The summed E-state index contributed by atoms with van der Waals surface area (Å²) in [4.78, 5) is 42.2. The smallest absolute Gasteiger partial charge is 0.422 e. The first-order valence-corrected chi connectivity index (χ1v) is 13.9. The van der Waals surface area contributed by atoms with Crippen LogP contribution in [0.3, 0.4) is 0 Å². The molecule has 45 heavy (non-hydrogen) atoms. The molecule has 0 fully saturated rings. The average Bonchev–Trinajstić information content (AvgIpc) is 3.26. The van der Waals surface area contributed by atoms with E-state index in [-0.39, 0.29) is 29.0 Å². The molecule has 3 aromatic heterocycles. The van der Waals surface area contributed by atoms with Crippen molar-refractivity contribution in [3.05, 3.63) is 65.0 Å². The van der Waals surface area contributed by atoms with Crippen molar-refractivity contribution in [3.63, 3.8) is 0 Å². The summed E-state index contributed by atoms with van der Waals surface area (Å²) in [6, 6.07) is 5.47. The molecule has 0 saturated carbocycles. The number of nitrogens with one attached hydrogen (secondary N) is 2. The van der Waals surface area contributed by atoms with Crippen LogP contribution in [0.15, 0.2) is 47.9 Å². The first-order valence-electron chi connectivity index (χ1n) is 13.9. The molecule has 12 nitrogen and oxygen atoms in total. The molecule has 16 heteroatoms. The van der Waals surface area contributed by atoms with Gasteiger partial charge in [-0.05, 0) is 50.7 Å². The van der Waals surface area contributed by atoms with E-state index in [1.165, 1.54) is 35.0 Å². The average molecular weight is 630 g/mol. The third-order valence-corrected chi connectivity index (χ3v) is 7.04. The van der Waals surface area contributed by atoms with Gasteiger partial charge >= 0.3 is 11.9 Å². The van der Waals surface area contributed by atoms with E-state index in [1.54, 1.807) is 16.5 Å². The van der Waals surface area contributed by atoms with Crippen LogP contribution in [-0.2, 0) is 17.8 Å². The molecule has 0 spiro atoms. The number of rotatable bonds is 11. The monoisotopic (exact) mass is 629 g/mol. The van der Waals surface area contributed by atoms with Gasteiger partial charge in [0.2, 0.25) is 17.7 Å². The Bertz CT molecular complexity index is 1820. The molecule has 1 aliphatic heterocycles. The number of carbonyl (C=O) groups excluding carboxylic acids is 1. The molecule has 0 bridgehead atoms. The number of hydrogen-bond donors (Lipinski definition) is 2. The standard InChI is InChI=1S/C29H31F4N9O3/c1-5-23(43)35-19-15-20(26(45-16-29(31,32)33)38-25(19)40(4)12-11-39(2)3)36-27-34-9-8-22(37-27)42-21-14-18(30)13-17-7-6-10-41(24(17)21)28(42)44/h5,8-9,13-15H,1,6-7,10-12,16H2,2-4H3,(H,35,43)(H,34,36,37). The zero-order valence-corrected chi connectivity index (χ0v) is 24.8. The molecule has 0 saturated heterocycles. The molecule has 0 atom stereocenters. The summed E-state index contributed by atoms with van der Waals surface area (Å²) in [5, 5.41) is 5.44. The Morgan fingerprint density at radius 1 is 1.16 bits per heavy atom. The van der Waals surface area contributed by atoms with E-state index >= 15 is 0 Å². The number of halogens is 4. The number of carbonyl (C=O) groups is 1. The number of hydrogen-bond acceptors (Lipinski definition) is 9. The maximum Gasteiger partial charge on any atom is 0.422 e. The van der Waals surface area contributed by atoms with Crippen LogP contribution in [0.25, 0.3) is 16.9 Å². The number of likely N-dealkylation sites (N-methyl/N-ethyl adjacent to an activating group) is 2. The molecule has 4 aromatic rings. The summed E-state index contributed by atoms with van der Waals surface area (Å²) in [6.07, 6.45) is -1.00. The van der Waals surface area contributed by atoms with E-state index in [9.17, 15) is 27.2 Å². The Kier molecular flexibility index (Phi) is 8.77. The van der Waals surface area contributed by atoms with Crippen molar-refractivity contribution in [1.29, 1.82) is 0 Å². The largest absolute Gasteiger partial charge is 0.466 e. The fraction of sp³-hybridized carbons (Fsp3) is 0.345. The number of pyridine rings is 1. The molecule has 2 N–H and O–H groups in total. The number of benzene rings is 1. The van der Waals surface area contributed by atoms with Gasteiger partial charge in [-0.1, -0.05) is 6.58 Å². The van der Waals surface area contributed by atoms with Gasteiger partial charge in [-0.3, -0.25) is 9.36 Å². The van der Waals surface area contributed by atoms with Gasteiger partial charge in [0, 0.05) is 45.0 Å². The molecule has 1 amide bonds. The number of imidazole rings is 1. The van der Waals surface area contributed by atoms with Crippen LogP contribution >= 0.6 is 0 Å². The first kappa shape index (κ1) is 31.4. The highest BCUT2D eigenvalue weighted by Gasteiger charge is 2.30. The minimum Gasteiger partial charge on any atom is -0.466 e. The number of nitrogens with zero attached hydrogens (tertiary/aromatic N) is 7. The lowest BCUT2D eigenvalue weighted by Gasteiger charge is -2.25. The maximum absolute atomic E-state index is 14.5. The Balaban J connectivity index is 1.58. The Morgan fingerprint density at radius 2 is 1.93 bits per heavy atom. The maximum atomic E-state index is 14.5. The third kappa shape index (κ3) is 6.90. The number of ether oxygens (including phenoxy) is 1. The zero-order valence-electron chi connectivity index (χ0n) is 24.8. The summed E-state index contributed by atoms with van der Waals surface area (Å²) in [7, 11) is 5.38. The van der Waals surface area contributed by atoms with Crippen LogP contribution in [0.5, 0.6) is 5.88 Å². The van der Waals surface area contributed by atoms with Crippen LogP contribution < -0.4 is 26.0 Å². The zero-order chi connectivity index (χ0) is 32.5. The molecule has 0 radical (unpaired) electrons. The quantitative estimate of drug-likeness (QED) is 0.188. The van der Waals surface area contributed by atoms with Gasteiger partial charge in [0.25, 0.3) is 0 Å². The molecule has 1 aromatic carbocycles. The number of aryl methyl sites for hydroxylation is 2. The normalized spacial score (nSPS) is 12.8. The second-order valence-corrected chi connectivity index (χ2v) is 10.7. The summed E-state index contributed by atoms with van der Waals surface area (Å²) < 4.78 is 62.1. The van der Waals surface area contributed by atoms with E-state index in [2.05, 4.69) is 32.2 Å². The third-order valence-electron chi connectivity index (χ3n) is 7.04. The number of anilines is 4. The highest BCUT2D eigenvalue weighted by molar-refractivity contribution is 6.01. The van der Waals surface area contributed by atoms with Crippen molar-refractivity contribution in [1.82, 2.24) is 29.0 Å². The van der Waals surface area contributed by atoms with E-state index in [4.69, 9.17) is 4.74 Å². The van der Waals surface area contributed by atoms with Gasteiger partial charge in [0.05, 0.1) is 16.7 Å². The van der Waals surface area contributed by atoms with E-state index < -0.39 is 36.1 Å². The SMILES string of the molecule is C=CC(=O)Nc1cc(Nc2nccc(-n3c(=O)n4c5c(cc(F)cc53)CCC4)n2)c(OCC(F)(F)F)nc1N(C)CCN(C)C. The Morgan fingerprint density at radius 3 is 2.64 bits per heavy atom. The van der Waals surface area contributed by atoms with Gasteiger partial charge in [0.15, 0.2) is 12.4 Å². The lowest BCUT2D eigenvalue weighted by Crippen LogP contribution is -2.30. The molecule has 5 rings (SSSR count). The molecule has 238 valence electrons. The lowest BCUT2D eigenvalue weighted by molar-refractivity contribution is -0.153. The first-order chi connectivity index (χ1) is 21.3. The van der Waals surface area contributed by atoms with Gasteiger partial charge in [0.1, 0.15) is 17.3 Å². The second-order valence-electron chi connectivity index (χ2n) is 10.7.